The number of benzene rings is 1. The van der Waals surface area contributed by atoms with Crippen LogP contribution in [0.3, 0.4) is 0 Å². The molecule has 0 bridgehead atoms. The number of carbonyl (C=O) groups is 1. The van der Waals surface area contributed by atoms with Gasteiger partial charge in [0.1, 0.15) is 12.4 Å². The van der Waals surface area contributed by atoms with Crippen LogP contribution in [-0.4, -0.2) is 58.9 Å². The van der Waals surface area contributed by atoms with E-state index in [0.717, 1.165) is 37.4 Å². The Bertz CT molecular complexity index is 672. The first kappa shape index (κ1) is 18.8. The van der Waals surface area contributed by atoms with Crippen molar-refractivity contribution in [3.63, 3.8) is 0 Å². The van der Waals surface area contributed by atoms with Gasteiger partial charge in [-0.3, -0.25) is 4.90 Å². The Balaban J connectivity index is 1.58. The minimum atomic E-state index is -0.237. The van der Waals surface area contributed by atoms with Gasteiger partial charge in [0.15, 0.2) is 5.11 Å². The first-order valence-corrected chi connectivity index (χ1v) is 9.57. The molecule has 26 heavy (non-hydrogen) atoms. The second-order valence-electron chi connectivity index (χ2n) is 7.31. The first-order chi connectivity index (χ1) is 12.4. The molecule has 2 aliphatic rings. The van der Waals surface area contributed by atoms with Gasteiger partial charge in [0.2, 0.25) is 0 Å². The summed E-state index contributed by atoms with van der Waals surface area (Å²) in [5.74, 6) is 0.800. The number of amides is 1. The summed E-state index contributed by atoms with van der Waals surface area (Å²) in [5.41, 5.74) is 0.643. The van der Waals surface area contributed by atoms with Gasteiger partial charge in [0.25, 0.3) is 0 Å². The van der Waals surface area contributed by atoms with E-state index in [2.05, 4.69) is 24.1 Å². The molecule has 2 saturated heterocycles. The van der Waals surface area contributed by atoms with E-state index in [1.54, 1.807) is 0 Å². The maximum absolute atomic E-state index is 12.1. The predicted molar refractivity (Wildman–Crippen MR) is 106 cm³/mol. The largest absolute Gasteiger partial charge is 0.492 e. The molecule has 0 atom stereocenters. The van der Waals surface area contributed by atoms with Crippen molar-refractivity contribution in [2.24, 2.45) is 0 Å². The maximum Gasteiger partial charge on any atom is 0.410 e. The summed E-state index contributed by atoms with van der Waals surface area (Å²) in [5, 5.41) is 3.99. The Kier molecular flexibility index (Phi) is 5.55. The van der Waals surface area contributed by atoms with Crippen molar-refractivity contribution >= 4 is 29.1 Å². The Morgan fingerprint density at radius 2 is 2.04 bits per heavy atom. The van der Waals surface area contributed by atoms with Crippen molar-refractivity contribution < 1.29 is 14.3 Å². The molecule has 1 N–H and O–H groups in total. The SMILES string of the molecule is CCOc1ccccc1NC(=S)N1CCC(N2C(=O)OCC2(C)C)CC1. The predicted octanol–water partition coefficient (Wildman–Crippen LogP) is 3.48. The van der Waals surface area contributed by atoms with Gasteiger partial charge in [-0.25, -0.2) is 4.79 Å². The van der Waals surface area contributed by atoms with Crippen LogP contribution in [0.2, 0.25) is 0 Å². The standard InChI is InChI=1S/C19H27N3O3S/c1-4-24-16-8-6-5-7-15(16)20-17(26)21-11-9-14(10-12-21)22-18(23)25-13-19(22,2)3/h5-8,14H,4,9-13H2,1-3H3,(H,20,26). The summed E-state index contributed by atoms with van der Waals surface area (Å²) in [4.78, 5) is 16.1. The minimum absolute atomic E-state index is 0.195. The average molecular weight is 378 g/mol. The van der Waals surface area contributed by atoms with E-state index in [4.69, 9.17) is 21.7 Å². The highest BCUT2D eigenvalue weighted by Gasteiger charge is 2.44. The quantitative estimate of drug-likeness (QED) is 0.811. The van der Waals surface area contributed by atoms with E-state index >= 15 is 0 Å². The fraction of sp³-hybridized carbons (Fsp3) is 0.579. The number of ether oxygens (including phenoxy) is 2. The third kappa shape index (κ3) is 3.87. The third-order valence-electron chi connectivity index (χ3n) is 4.94. The molecule has 0 radical (unpaired) electrons. The molecule has 0 aromatic heterocycles. The van der Waals surface area contributed by atoms with Gasteiger partial charge >= 0.3 is 6.09 Å². The molecule has 2 heterocycles. The molecule has 0 saturated carbocycles. The summed E-state index contributed by atoms with van der Waals surface area (Å²) in [6.45, 7) is 8.77. The van der Waals surface area contributed by atoms with Crippen LogP contribution in [0.1, 0.15) is 33.6 Å². The molecular formula is C19H27N3O3S. The number of likely N-dealkylation sites (tertiary alicyclic amines) is 1. The van der Waals surface area contributed by atoms with Crippen molar-refractivity contribution in [3.05, 3.63) is 24.3 Å². The van der Waals surface area contributed by atoms with Crippen LogP contribution in [0.5, 0.6) is 5.75 Å². The highest BCUT2D eigenvalue weighted by Crippen LogP contribution is 2.31. The van der Waals surface area contributed by atoms with Gasteiger partial charge in [-0.2, -0.15) is 0 Å². The number of hydrogen-bond donors (Lipinski definition) is 1. The molecular weight excluding hydrogens is 350 g/mol. The van der Waals surface area contributed by atoms with E-state index in [-0.39, 0.29) is 17.7 Å². The van der Waals surface area contributed by atoms with Crippen LogP contribution in [0.15, 0.2) is 24.3 Å². The van der Waals surface area contributed by atoms with Crippen LogP contribution in [-0.2, 0) is 4.74 Å². The van der Waals surface area contributed by atoms with Gasteiger partial charge in [-0.1, -0.05) is 12.1 Å². The van der Waals surface area contributed by atoms with E-state index in [0.29, 0.717) is 18.3 Å². The molecule has 2 fully saturated rings. The zero-order valence-corrected chi connectivity index (χ0v) is 16.5. The van der Waals surface area contributed by atoms with Crippen LogP contribution in [0.25, 0.3) is 0 Å². The molecule has 3 rings (SSSR count). The van der Waals surface area contributed by atoms with Crippen molar-refractivity contribution in [1.29, 1.82) is 0 Å². The second kappa shape index (κ2) is 7.70. The molecule has 0 aliphatic carbocycles. The number of nitrogens with zero attached hydrogens (tertiary/aromatic N) is 2. The number of anilines is 1. The average Bonchev–Trinajstić information content (AvgIpc) is 2.90. The summed E-state index contributed by atoms with van der Waals surface area (Å²) in [6.07, 6.45) is 1.57. The number of piperidine rings is 1. The maximum atomic E-state index is 12.1. The number of carbonyl (C=O) groups excluding carboxylic acids is 1. The number of rotatable bonds is 4. The van der Waals surface area contributed by atoms with Crippen LogP contribution < -0.4 is 10.1 Å². The van der Waals surface area contributed by atoms with Gasteiger partial charge in [0.05, 0.1) is 17.8 Å². The fourth-order valence-corrected chi connectivity index (χ4v) is 3.93. The van der Waals surface area contributed by atoms with Gasteiger partial charge in [0, 0.05) is 19.1 Å². The highest BCUT2D eigenvalue weighted by atomic mass is 32.1. The Labute approximate surface area is 160 Å². The van der Waals surface area contributed by atoms with E-state index in [9.17, 15) is 4.79 Å². The molecule has 1 aromatic carbocycles. The topological polar surface area (TPSA) is 54.0 Å². The normalized spacial score (nSPS) is 20.0. The lowest BCUT2D eigenvalue weighted by molar-refractivity contribution is 0.103. The summed E-state index contributed by atoms with van der Waals surface area (Å²) in [6, 6.07) is 8.01. The van der Waals surface area contributed by atoms with Crippen LogP contribution >= 0.6 is 12.2 Å². The summed E-state index contributed by atoms with van der Waals surface area (Å²) >= 11 is 5.60. The Morgan fingerprint density at radius 3 is 2.65 bits per heavy atom. The Morgan fingerprint density at radius 1 is 1.35 bits per heavy atom. The van der Waals surface area contributed by atoms with Crippen molar-refractivity contribution in [2.75, 3.05) is 31.6 Å². The van der Waals surface area contributed by atoms with Gasteiger partial charge in [-0.05, 0) is 58.0 Å². The summed E-state index contributed by atoms with van der Waals surface area (Å²) in [7, 11) is 0. The Hall–Kier alpha value is -2.02. The lowest BCUT2D eigenvalue weighted by Crippen LogP contribution is -2.53. The third-order valence-corrected chi connectivity index (χ3v) is 5.30. The number of thiocarbonyl (C=S) groups is 1. The van der Waals surface area contributed by atoms with E-state index in [1.807, 2.05) is 36.1 Å². The van der Waals surface area contributed by atoms with E-state index < -0.39 is 0 Å². The molecule has 142 valence electrons. The molecule has 1 aromatic rings. The van der Waals surface area contributed by atoms with Crippen molar-refractivity contribution in [1.82, 2.24) is 9.80 Å². The molecule has 6 nitrogen and oxygen atoms in total. The zero-order chi connectivity index (χ0) is 18.7. The number of cyclic esters (lactones) is 1. The van der Waals surface area contributed by atoms with Crippen LogP contribution in [0, 0.1) is 0 Å². The lowest BCUT2D eigenvalue weighted by atomic mass is 9.97. The monoisotopic (exact) mass is 377 g/mol. The summed E-state index contributed by atoms with van der Waals surface area (Å²) < 4.78 is 10.9. The molecule has 1 amide bonds. The van der Waals surface area contributed by atoms with Gasteiger partial charge in [-0.15, -0.1) is 0 Å². The van der Waals surface area contributed by atoms with Crippen molar-refractivity contribution in [2.45, 2.75) is 45.2 Å². The van der Waals surface area contributed by atoms with Crippen molar-refractivity contribution in [3.8, 4) is 5.75 Å². The van der Waals surface area contributed by atoms with Gasteiger partial charge < -0.3 is 19.7 Å². The minimum Gasteiger partial charge on any atom is -0.492 e. The number of nitrogens with one attached hydrogen (secondary N) is 1. The number of hydrogen-bond acceptors (Lipinski definition) is 4. The van der Waals surface area contributed by atoms with E-state index in [1.165, 1.54) is 0 Å². The molecule has 7 heteroatoms. The fourth-order valence-electron chi connectivity index (χ4n) is 3.64. The molecule has 2 aliphatic heterocycles. The lowest BCUT2D eigenvalue weighted by Gasteiger charge is -2.41. The zero-order valence-electron chi connectivity index (χ0n) is 15.7. The van der Waals surface area contributed by atoms with Crippen LogP contribution in [0.4, 0.5) is 10.5 Å². The number of para-hydroxylation sites is 2. The molecule has 0 unspecified atom stereocenters. The smallest absolute Gasteiger partial charge is 0.410 e. The molecule has 0 spiro atoms. The second-order valence-corrected chi connectivity index (χ2v) is 7.70. The highest BCUT2D eigenvalue weighted by molar-refractivity contribution is 7.80. The first-order valence-electron chi connectivity index (χ1n) is 9.16.